The van der Waals surface area contributed by atoms with Gasteiger partial charge in [-0.3, -0.25) is 0 Å². The molecule has 244 valence electrons. The van der Waals surface area contributed by atoms with Crippen LogP contribution in [0.5, 0.6) is 0 Å². The summed E-state index contributed by atoms with van der Waals surface area (Å²) >= 11 is 0. The van der Waals surface area contributed by atoms with Crippen LogP contribution in [0.2, 0.25) is 0 Å². The molecular formula is C50H39N. The lowest BCUT2D eigenvalue weighted by Crippen LogP contribution is -2.17. The van der Waals surface area contributed by atoms with Gasteiger partial charge in [0.25, 0.3) is 0 Å². The second kappa shape index (κ2) is 12.3. The SMILES string of the molecule is Cc1cc(-c2ccccc2-c2ccccc2-c2ccccc2)ccc1N(c1ccccc1)c1c2c(cc3ccccc13)C(C)(C)c1ccccc1-2. The quantitative estimate of drug-likeness (QED) is 0.173. The van der Waals surface area contributed by atoms with E-state index in [9.17, 15) is 0 Å². The second-order valence-electron chi connectivity index (χ2n) is 14.2. The van der Waals surface area contributed by atoms with E-state index in [2.05, 4.69) is 208 Å². The summed E-state index contributed by atoms with van der Waals surface area (Å²) in [5, 5.41) is 2.51. The summed E-state index contributed by atoms with van der Waals surface area (Å²) in [5.41, 5.74) is 17.4. The summed E-state index contributed by atoms with van der Waals surface area (Å²) in [4.78, 5) is 2.51. The molecule has 0 bridgehead atoms. The molecule has 1 aliphatic rings. The summed E-state index contributed by atoms with van der Waals surface area (Å²) in [6.07, 6.45) is 0. The van der Waals surface area contributed by atoms with Gasteiger partial charge in [-0.1, -0.05) is 166 Å². The first-order valence-electron chi connectivity index (χ1n) is 17.9. The molecule has 0 aliphatic heterocycles. The van der Waals surface area contributed by atoms with Gasteiger partial charge in [-0.25, -0.2) is 0 Å². The lowest BCUT2D eigenvalue weighted by molar-refractivity contribution is 0.661. The smallest absolute Gasteiger partial charge is 0.0621 e. The predicted octanol–water partition coefficient (Wildman–Crippen LogP) is 13.9. The van der Waals surface area contributed by atoms with Crippen LogP contribution in [0.1, 0.15) is 30.5 Å². The van der Waals surface area contributed by atoms with Crippen LogP contribution in [-0.2, 0) is 5.41 Å². The molecule has 0 spiro atoms. The largest absolute Gasteiger partial charge is 0.309 e. The van der Waals surface area contributed by atoms with Crippen LogP contribution in [0.15, 0.2) is 182 Å². The molecule has 1 nitrogen and oxygen atoms in total. The first-order valence-corrected chi connectivity index (χ1v) is 17.9. The number of fused-ring (bicyclic) bond motifs is 4. The van der Waals surface area contributed by atoms with E-state index in [0.717, 1.165) is 5.69 Å². The lowest BCUT2D eigenvalue weighted by Gasteiger charge is -2.31. The van der Waals surface area contributed by atoms with E-state index in [4.69, 9.17) is 0 Å². The molecular weight excluding hydrogens is 615 g/mol. The number of hydrogen-bond donors (Lipinski definition) is 0. The van der Waals surface area contributed by atoms with Crippen LogP contribution in [0, 0.1) is 6.92 Å². The third-order valence-electron chi connectivity index (χ3n) is 10.8. The van der Waals surface area contributed by atoms with E-state index in [1.54, 1.807) is 0 Å². The molecule has 0 unspecified atom stereocenters. The highest BCUT2D eigenvalue weighted by molar-refractivity contribution is 6.10. The minimum absolute atomic E-state index is 0.119. The van der Waals surface area contributed by atoms with Crippen molar-refractivity contribution in [3.8, 4) is 44.5 Å². The van der Waals surface area contributed by atoms with Crippen LogP contribution in [0.3, 0.4) is 0 Å². The normalized spacial score (nSPS) is 12.8. The highest BCUT2D eigenvalue weighted by atomic mass is 15.1. The monoisotopic (exact) mass is 653 g/mol. The molecule has 0 atom stereocenters. The van der Waals surface area contributed by atoms with Crippen molar-refractivity contribution < 1.29 is 0 Å². The summed E-state index contributed by atoms with van der Waals surface area (Å²) in [5.74, 6) is 0. The maximum absolute atomic E-state index is 2.51. The average molecular weight is 654 g/mol. The van der Waals surface area contributed by atoms with E-state index in [0.29, 0.717) is 0 Å². The molecule has 0 aromatic heterocycles. The first-order chi connectivity index (χ1) is 25.0. The summed E-state index contributed by atoms with van der Waals surface area (Å²) in [6.45, 7) is 7.01. The van der Waals surface area contributed by atoms with Gasteiger partial charge in [0.2, 0.25) is 0 Å². The van der Waals surface area contributed by atoms with Gasteiger partial charge in [-0.2, -0.15) is 0 Å². The molecule has 8 aromatic rings. The Morgan fingerprint density at radius 1 is 0.431 bits per heavy atom. The van der Waals surface area contributed by atoms with Crippen LogP contribution in [0.4, 0.5) is 17.1 Å². The first kappa shape index (κ1) is 30.8. The van der Waals surface area contributed by atoms with Crippen LogP contribution >= 0.6 is 0 Å². The average Bonchev–Trinajstić information content (AvgIpc) is 3.41. The second-order valence-corrected chi connectivity index (χ2v) is 14.2. The van der Waals surface area contributed by atoms with Crippen molar-refractivity contribution in [2.75, 3.05) is 4.90 Å². The predicted molar refractivity (Wildman–Crippen MR) is 217 cm³/mol. The van der Waals surface area contributed by atoms with Crippen LogP contribution in [-0.4, -0.2) is 0 Å². The summed E-state index contributed by atoms with van der Waals surface area (Å²) in [6, 6.07) is 66.5. The van der Waals surface area contributed by atoms with Crippen molar-refractivity contribution in [2.24, 2.45) is 0 Å². The molecule has 9 rings (SSSR count). The Kier molecular flexibility index (Phi) is 7.44. The summed E-state index contributed by atoms with van der Waals surface area (Å²) < 4.78 is 0. The van der Waals surface area contributed by atoms with Crippen molar-refractivity contribution in [1.29, 1.82) is 0 Å². The zero-order chi connectivity index (χ0) is 34.5. The number of nitrogens with zero attached hydrogens (tertiary/aromatic N) is 1. The van der Waals surface area contributed by atoms with E-state index >= 15 is 0 Å². The molecule has 51 heavy (non-hydrogen) atoms. The number of benzene rings is 8. The zero-order valence-electron chi connectivity index (χ0n) is 29.3. The minimum Gasteiger partial charge on any atom is -0.309 e. The third-order valence-corrected chi connectivity index (χ3v) is 10.8. The Morgan fingerprint density at radius 3 is 1.67 bits per heavy atom. The van der Waals surface area contributed by atoms with E-state index in [-0.39, 0.29) is 5.41 Å². The fraction of sp³-hybridized carbons (Fsp3) is 0.0800. The zero-order valence-corrected chi connectivity index (χ0v) is 29.3. The molecule has 0 saturated heterocycles. The highest BCUT2D eigenvalue weighted by Crippen LogP contribution is 2.57. The third kappa shape index (κ3) is 5.08. The van der Waals surface area contributed by atoms with Crippen LogP contribution in [0.25, 0.3) is 55.3 Å². The van der Waals surface area contributed by atoms with Gasteiger partial charge in [0.05, 0.1) is 5.69 Å². The maximum atomic E-state index is 2.51. The molecule has 0 amide bonds. The van der Waals surface area contributed by atoms with Gasteiger partial charge >= 0.3 is 0 Å². The lowest BCUT2D eigenvalue weighted by atomic mass is 9.81. The molecule has 8 aromatic carbocycles. The standard InChI is InChI=1S/C50H39N/c1-34-32-37(40-24-13-15-27-43(40)42-26-14-12-23-39(42)35-18-6-4-7-19-35)30-31-47(34)51(38-21-8-5-9-22-38)49-41-25-11-10-20-36(41)33-46-48(49)44-28-16-17-29-45(44)50(46,2)3/h4-33H,1-3H3. The number of anilines is 3. The summed E-state index contributed by atoms with van der Waals surface area (Å²) in [7, 11) is 0. The van der Waals surface area contributed by atoms with E-state index in [1.807, 2.05) is 0 Å². The van der Waals surface area contributed by atoms with Crippen molar-refractivity contribution >= 4 is 27.8 Å². The maximum Gasteiger partial charge on any atom is 0.0621 e. The molecule has 1 aliphatic carbocycles. The number of para-hydroxylation sites is 1. The van der Waals surface area contributed by atoms with Crippen molar-refractivity contribution in [3.05, 3.63) is 199 Å². The molecule has 0 heterocycles. The van der Waals surface area contributed by atoms with E-state index < -0.39 is 0 Å². The van der Waals surface area contributed by atoms with Crippen molar-refractivity contribution in [3.63, 3.8) is 0 Å². The Morgan fingerprint density at radius 2 is 0.980 bits per heavy atom. The van der Waals surface area contributed by atoms with Crippen LogP contribution < -0.4 is 4.90 Å². The van der Waals surface area contributed by atoms with Gasteiger partial charge in [0, 0.05) is 27.7 Å². The van der Waals surface area contributed by atoms with Gasteiger partial charge in [0.15, 0.2) is 0 Å². The van der Waals surface area contributed by atoms with E-state index in [1.165, 1.54) is 83.3 Å². The van der Waals surface area contributed by atoms with Gasteiger partial charge in [-0.05, 0) is 98.3 Å². The highest BCUT2D eigenvalue weighted by Gasteiger charge is 2.39. The topological polar surface area (TPSA) is 3.24 Å². The molecule has 1 heteroatoms. The molecule has 0 radical (unpaired) electrons. The number of hydrogen-bond acceptors (Lipinski definition) is 1. The Bertz CT molecular complexity index is 2560. The fourth-order valence-corrected chi connectivity index (χ4v) is 8.31. The molecule has 0 N–H and O–H groups in total. The number of aryl methyl sites for hydroxylation is 1. The molecule has 0 fully saturated rings. The fourth-order valence-electron chi connectivity index (χ4n) is 8.31. The Hall–Kier alpha value is -6.18. The number of rotatable bonds is 6. The Labute approximate surface area is 301 Å². The van der Waals surface area contributed by atoms with Gasteiger partial charge in [0.1, 0.15) is 0 Å². The Balaban J connectivity index is 1.26. The van der Waals surface area contributed by atoms with Gasteiger partial charge < -0.3 is 4.90 Å². The minimum atomic E-state index is -0.119. The van der Waals surface area contributed by atoms with Crippen molar-refractivity contribution in [2.45, 2.75) is 26.2 Å². The molecule has 0 saturated carbocycles. The van der Waals surface area contributed by atoms with Gasteiger partial charge in [-0.15, -0.1) is 0 Å². The van der Waals surface area contributed by atoms with Crippen molar-refractivity contribution in [1.82, 2.24) is 0 Å².